The molecule has 0 bridgehead atoms. The van der Waals surface area contributed by atoms with Crippen LogP contribution in [0.2, 0.25) is 0 Å². The average molecular weight is 329 g/mol. The molecule has 0 spiro atoms. The first-order valence-electron chi connectivity index (χ1n) is 8.24. The smallest absolute Gasteiger partial charge is 0.407 e. The Bertz CT molecular complexity index is 686. The number of aryl methyl sites for hydroxylation is 1. The van der Waals surface area contributed by atoms with E-state index in [0.29, 0.717) is 18.7 Å². The highest BCUT2D eigenvalue weighted by Crippen LogP contribution is 2.36. The molecule has 0 aliphatic heterocycles. The Morgan fingerprint density at radius 3 is 2.96 bits per heavy atom. The first-order chi connectivity index (χ1) is 11.6. The third kappa shape index (κ3) is 3.76. The van der Waals surface area contributed by atoms with Gasteiger partial charge in [-0.25, -0.2) is 9.78 Å². The molecule has 1 saturated carbocycles. The summed E-state index contributed by atoms with van der Waals surface area (Å²) in [6.07, 6.45) is 5.79. The molecule has 2 aromatic rings. The Labute approximate surface area is 141 Å². The molecular formula is C18H23N3O3. The third-order valence-electron chi connectivity index (χ3n) is 4.50. The van der Waals surface area contributed by atoms with Gasteiger partial charge in [0.05, 0.1) is 0 Å². The summed E-state index contributed by atoms with van der Waals surface area (Å²) in [5, 5.41) is 13.8. The maximum atomic E-state index is 12.0. The van der Waals surface area contributed by atoms with E-state index in [9.17, 15) is 9.90 Å². The zero-order valence-corrected chi connectivity index (χ0v) is 13.8. The van der Waals surface area contributed by atoms with Crippen molar-refractivity contribution in [2.24, 2.45) is 7.05 Å². The molecule has 1 aliphatic carbocycles. The van der Waals surface area contributed by atoms with Crippen LogP contribution >= 0.6 is 0 Å². The number of carbonyl (C=O) groups excluding carboxylic acids is 1. The van der Waals surface area contributed by atoms with Crippen LogP contribution in [-0.2, 0) is 24.0 Å². The molecule has 24 heavy (non-hydrogen) atoms. The number of nitrogens with one attached hydrogen (secondary N) is 1. The number of benzene rings is 1. The van der Waals surface area contributed by atoms with E-state index >= 15 is 0 Å². The molecule has 3 rings (SSSR count). The second-order valence-electron chi connectivity index (χ2n) is 6.39. The van der Waals surface area contributed by atoms with E-state index < -0.39 is 11.7 Å². The normalized spacial score (nSPS) is 23.7. The molecule has 128 valence electrons. The Morgan fingerprint density at radius 2 is 2.25 bits per heavy atom. The van der Waals surface area contributed by atoms with Crippen LogP contribution in [0, 0.1) is 0 Å². The van der Waals surface area contributed by atoms with Crippen LogP contribution in [0.4, 0.5) is 4.79 Å². The highest BCUT2D eigenvalue weighted by molar-refractivity contribution is 5.67. The summed E-state index contributed by atoms with van der Waals surface area (Å²) in [6.45, 7) is 0.239. The van der Waals surface area contributed by atoms with Gasteiger partial charge in [-0.05, 0) is 24.8 Å². The minimum absolute atomic E-state index is 0.122. The van der Waals surface area contributed by atoms with Crippen molar-refractivity contribution in [1.29, 1.82) is 0 Å². The third-order valence-corrected chi connectivity index (χ3v) is 4.50. The first kappa shape index (κ1) is 16.5. The Hall–Kier alpha value is -2.34. The van der Waals surface area contributed by atoms with Crippen molar-refractivity contribution < 1.29 is 14.6 Å². The number of hydrogen-bond donors (Lipinski definition) is 2. The maximum absolute atomic E-state index is 12.0. The Kier molecular flexibility index (Phi) is 4.85. The van der Waals surface area contributed by atoms with E-state index in [1.54, 1.807) is 6.20 Å². The summed E-state index contributed by atoms with van der Waals surface area (Å²) in [5.74, 6) is 0.645. The van der Waals surface area contributed by atoms with Crippen molar-refractivity contribution in [3.8, 4) is 0 Å². The number of amides is 1. The molecule has 2 atom stereocenters. The highest BCUT2D eigenvalue weighted by Gasteiger charge is 2.39. The van der Waals surface area contributed by atoms with Gasteiger partial charge in [-0.2, -0.15) is 0 Å². The van der Waals surface area contributed by atoms with Gasteiger partial charge in [0.2, 0.25) is 0 Å². The fraction of sp³-hybridized carbons (Fsp3) is 0.444. The van der Waals surface area contributed by atoms with Crippen LogP contribution in [0.25, 0.3) is 0 Å². The number of rotatable bonds is 4. The number of alkyl carbamates (subject to hydrolysis) is 1. The standard InChI is InChI=1S/C18H23N3O3/c1-21-11-10-19-16(21)18(23)9-5-8-15(12-18)20-17(22)24-13-14-6-3-2-4-7-14/h2-4,6-7,10-11,15,23H,5,8-9,12-13H2,1H3,(H,20,22)/t15-,18+/m0/s1. The summed E-state index contributed by atoms with van der Waals surface area (Å²) in [5.41, 5.74) is -0.0609. The monoisotopic (exact) mass is 329 g/mol. The van der Waals surface area contributed by atoms with Gasteiger partial charge >= 0.3 is 6.09 Å². The predicted octanol–water partition coefficient (Wildman–Crippen LogP) is 2.48. The minimum Gasteiger partial charge on any atom is -0.445 e. The molecule has 0 saturated heterocycles. The summed E-state index contributed by atoms with van der Waals surface area (Å²) in [4.78, 5) is 16.3. The summed E-state index contributed by atoms with van der Waals surface area (Å²) in [6, 6.07) is 9.43. The molecule has 1 amide bonds. The van der Waals surface area contributed by atoms with E-state index in [1.165, 1.54) is 0 Å². The molecule has 2 N–H and O–H groups in total. The van der Waals surface area contributed by atoms with E-state index in [1.807, 2.05) is 48.1 Å². The quantitative estimate of drug-likeness (QED) is 0.903. The molecule has 1 aromatic heterocycles. The van der Waals surface area contributed by atoms with E-state index in [2.05, 4.69) is 10.3 Å². The highest BCUT2D eigenvalue weighted by atomic mass is 16.5. The van der Waals surface area contributed by atoms with Gasteiger partial charge in [-0.15, -0.1) is 0 Å². The van der Waals surface area contributed by atoms with Crippen molar-refractivity contribution >= 4 is 6.09 Å². The zero-order chi connectivity index (χ0) is 17.0. The maximum Gasteiger partial charge on any atom is 0.407 e. The molecule has 1 fully saturated rings. The number of carbonyl (C=O) groups is 1. The number of aromatic nitrogens is 2. The minimum atomic E-state index is -1.01. The van der Waals surface area contributed by atoms with Gasteiger partial charge < -0.3 is 19.7 Å². The van der Waals surface area contributed by atoms with Gasteiger partial charge in [0.1, 0.15) is 18.0 Å². The molecule has 1 aliphatic rings. The van der Waals surface area contributed by atoms with Gasteiger partial charge in [0.15, 0.2) is 0 Å². The van der Waals surface area contributed by atoms with Gasteiger partial charge in [-0.3, -0.25) is 0 Å². The topological polar surface area (TPSA) is 76.4 Å². The number of nitrogens with zero attached hydrogens (tertiary/aromatic N) is 2. The lowest BCUT2D eigenvalue weighted by Gasteiger charge is -2.36. The number of hydrogen-bond acceptors (Lipinski definition) is 4. The lowest BCUT2D eigenvalue weighted by atomic mass is 9.81. The van der Waals surface area contributed by atoms with Crippen LogP contribution in [0.3, 0.4) is 0 Å². The lowest BCUT2D eigenvalue weighted by molar-refractivity contribution is -0.0221. The number of aliphatic hydroxyl groups is 1. The van der Waals surface area contributed by atoms with E-state index in [0.717, 1.165) is 18.4 Å². The summed E-state index contributed by atoms with van der Waals surface area (Å²) < 4.78 is 7.09. The Morgan fingerprint density at radius 1 is 1.46 bits per heavy atom. The molecule has 0 unspecified atom stereocenters. The van der Waals surface area contributed by atoms with Crippen molar-refractivity contribution in [3.05, 3.63) is 54.1 Å². The largest absolute Gasteiger partial charge is 0.445 e. The van der Waals surface area contributed by atoms with Gasteiger partial charge in [-0.1, -0.05) is 30.3 Å². The SMILES string of the molecule is Cn1ccnc1[C@@]1(O)CCC[C@H](NC(=O)OCc2ccccc2)C1. The molecule has 6 nitrogen and oxygen atoms in total. The molecule has 0 radical (unpaired) electrons. The predicted molar refractivity (Wildman–Crippen MR) is 89.1 cm³/mol. The number of ether oxygens (including phenoxy) is 1. The van der Waals surface area contributed by atoms with Gasteiger partial charge in [0.25, 0.3) is 0 Å². The first-order valence-corrected chi connectivity index (χ1v) is 8.24. The molecule has 6 heteroatoms. The second kappa shape index (κ2) is 7.05. The van der Waals surface area contributed by atoms with Crippen LogP contribution in [0.15, 0.2) is 42.7 Å². The summed E-state index contributed by atoms with van der Waals surface area (Å²) >= 11 is 0. The second-order valence-corrected chi connectivity index (χ2v) is 6.39. The molecular weight excluding hydrogens is 306 g/mol. The van der Waals surface area contributed by atoms with Crippen LogP contribution in [0.1, 0.15) is 37.1 Å². The number of imidazole rings is 1. The van der Waals surface area contributed by atoms with Gasteiger partial charge in [0, 0.05) is 31.9 Å². The van der Waals surface area contributed by atoms with Crippen LogP contribution in [0.5, 0.6) is 0 Å². The lowest BCUT2D eigenvalue weighted by Crippen LogP contribution is -2.45. The van der Waals surface area contributed by atoms with E-state index in [4.69, 9.17) is 4.74 Å². The van der Waals surface area contributed by atoms with Crippen molar-refractivity contribution in [2.45, 2.75) is 43.9 Å². The zero-order valence-electron chi connectivity index (χ0n) is 13.8. The summed E-state index contributed by atoms with van der Waals surface area (Å²) in [7, 11) is 1.87. The van der Waals surface area contributed by atoms with Crippen molar-refractivity contribution in [2.75, 3.05) is 0 Å². The fourth-order valence-electron chi connectivity index (χ4n) is 3.32. The van der Waals surface area contributed by atoms with Crippen LogP contribution in [-0.4, -0.2) is 26.8 Å². The van der Waals surface area contributed by atoms with Crippen LogP contribution < -0.4 is 5.32 Å². The average Bonchev–Trinajstić information content (AvgIpc) is 3.01. The molecule has 1 aromatic carbocycles. The fourth-order valence-corrected chi connectivity index (χ4v) is 3.32. The molecule has 1 heterocycles. The van der Waals surface area contributed by atoms with E-state index in [-0.39, 0.29) is 12.6 Å². The van der Waals surface area contributed by atoms with Crippen molar-refractivity contribution in [1.82, 2.24) is 14.9 Å². The van der Waals surface area contributed by atoms with Crippen molar-refractivity contribution in [3.63, 3.8) is 0 Å². The Balaban J connectivity index is 1.55.